The van der Waals surface area contributed by atoms with Gasteiger partial charge < -0.3 is 25.6 Å². The summed E-state index contributed by atoms with van der Waals surface area (Å²) in [6, 6.07) is 12.3. The predicted octanol–water partition coefficient (Wildman–Crippen LogP) is 3.09. The third-order valence-electron chi connectivity index (χ3n) is 4.28. The Morgan fingerprint density at radius 3 is 2.53 bits per heavy atom. The minimum absolute atomic E-state index is 0.0264. The molecule has 0 aliphatic rings. The Labute approximate surface area is 192 Å². The molecule has 0 spiro atoms. The Morgan fingerprint density at radius 2 is 1.88 bits per heavy atom. The van der Waals surface area contributed by atoms with Crippen LogP contribution in [-0.2, 0) is 0 Å². The van der Waals surface area contributed by atoms with E-state index in [4.69, 9.17) is 20.7 Å². The van der Waals surface area contributed by atoms with Gasteiger partial charge in [0.05, 0.1) is 18.6 Å². The Bertz CT molecular complexity index is 1170. The van der Waals surface area contributed by atoms with Crippen molar-refractivity contribution in [1.29, 1.82) is 0 Å². The molecule has 0 aliphatic heterocycles. The number of amidine groups is 1. The highest BCUT2D eigenvalue weighted by molar-refractivity contribution is 6.02. The first-order valence-electron chi connectivity index (χ1n) is 9.78. The van der Waals surface area contributed by atoms with E-state index in [1.165, 1.54) is 18.3 Å². The number of benzene rings is 1. The second kappa shape index (κ2) is 10.5. The number of alkyl halides is 3. The van der Waals surface area contributed by atoms with Crippen LogP contribution in [0.2, 0.25) is 0 Å². The molecule has 3 rings (SSSR count). The lowest BCUT2D eigenvalue weighted by Crippen LogP contribution is -2.22. The molecular weight excluding hydrogens is 453 g/mol. The molecule has 0 aliphatic carbocycles. The molecule has 1 aromatic carbocycles. The van der Waals surface area contributed by atoms with Crippen molar-refractivity contribution >= 4 is 17.5 Å². The van der Waals surface area contributed by atoms with Crippen molar-refractivity contribution in [3.05, 3.63) is 66.9 Å². The number of para-hydroxylation sites is 1. The fourth-order valence-corrected chi connectivity index (χ4v) is 2.51. The second-order valence-corrected chi connectivity index (χ2v) is 6.80. The highest BCUT2D eigenvalue weighted by Crippen LogP contribution is 2.21. The summed E-state index contributed by atoms with van der Waals surface area (Å²) in [7, 11) is 1.77. The smallest absolute Gasteiger partial charge is 0.392 e. The fourth-order valence-electron chi connectivity index (χ4n) is 2.51. The van der Waals surface area contributed by atoms with Gasteiger partial charge in [-0.1, -0.05) is 29.9 Å². The molecule has 178 valence electrons. The van der Waals surface area contributed by atoms with Crippen LogP contribution in [0.3, 0.4) is 0 Å². The van der Waals surface area contributed by atoms with Crippen molar-refractivity contribution in [3.63, 3.8) is 0 Å². The molecule has 0 bridgehead atoms. The summed E-state index contributed by atoms with van der Waals surface area (Å²) in [4.78, 5) is 17.8. The maximum atomic E-state index is 12.2. The zero-order valence-electron chi connectivity index (χ0n) is 18.0. The van der Waals surface area contributed by atoms with Crippen LogP contribution in [0.15, 0.2) is 75.6 Å². The summed E-state index contributed by atoms with van der Waals surface area (Å²) in [5.41, 5.74) is 13.0. The fraction of sp³-hybridized carbons (Fsp3) is 0.190. The van der Waals surface area contributed by atoms with E-state index in [2.05, 4.69) is 31.7 Å². The number of anilines is 1. The van der Waals surface area contributed by atoms with Gasteiger partial charge in [-0.2, -0.15) is 28.1 Å². The van der Waals surface area contributed by atoms with E-state index in [0.717, 1.165) is 5.69 Å². The summed E-state index contributed by atoms with van der Waals surface area (Å²) >= 11 is 0. The highest BCUT2D eigenvalue weighted by Gasteiger charge is 2.27. The Kier molecular flexibility index (Phi) is 7.46. The number of nitrogens with zero attached hydrogens (tertiary/aromatic N) is 6. The third-order valence-corrected chi connectivity index (χ3v) is 4.28. The normalized spacial score (nSPS) is 12.5. The van der Waals surface area contributed by atoms with Crippen molar-refractivity contribution in [3.8, 4) is 17.3 Å². The molecule has 0 fully saturated rings. The maximum absolute atomic E-state index is 12.2. The van der Waals surface area contributed by atoms with Gasteiger partial charge in [-0.15, -0.1) is 0 Å². The molecule has 0 saturated carbocycles. The van der Waals surface area contributed by atoms with E-state index >= 15 is 0 Å². The van der Waals surface area contributed by atoms with Crippen LogP contribution in [0.1, 0.15) is 12.2 Å². The predicted molar refractivity (Wildman–Crippen MR) is 120 cm³/mol. The van der Waals surface area contributed by atoms with Crippen LogP contribution in [0, 0.1) is 0 Å². The van der Waals surface area contributed by atoms with Gasteiger partial charge in [-0.3, -0.25) is 0 Å². The lowest BCUT2D eigenvalue weighted by molar-refractivity contribution is -0.139. The number of hydrogen-bond acceptors (Lipinski definition) is 7. The van der Waals surface area contributed by atoms with Crippen LogP contribution in [0.5, 0.6) is 5.88 Å². The van der Waals surface area contributed by atoms with Gasteiger partial charge in [-0.25, -0.2) is 4.98 Å². The average molecular weight is 474 g/mol. The van der Waals surface area contributed by atoms with Crippen molar-refractivity contribution < 1.29 is 22.4 Å². The lowest BCUT2D eigenvalue weighted by Gasteiger charge is -2.18. The van der Waals surface area contributed by atoms with Gasteiger partial charge in [0, 0.05) is 25.0 Å². The lowest BCUT2D eigenvalue weighted by atomic mass is 10.3. The first-order valence-corrected chi connectivity index (χ1v) is 9.78. The topological polar surface area (TPSA) is 141 Å². The molecule has 0 radical (unpaired) electrons. The monoisotopic (exact) mass is 474 g/mol. The molecule has 3 aromatic rings. The molecular formula is C21H21F3N8O2. The molecule has 13 heteroatoms. The first-order chi connectivity index (χ1) is 16.1. The molecule has 0 atom stereocenters. The molecule has 0 unspecified atom stereocenters. The van der Waals surface area contributed by atoms with E-state index in [1.807, 2.05) is 30.3 Å². The summed E-state index contributed by atoms with van der Waals surface area (Å²) in [6.07, 6.45) is -4.07. The number of nitrogens with two attached hydrogens (primary N) is 2. The van der Waals surface area contributed by atoms with Gasteiger partial charge in [0.2, 0.25) is 17.7 Å². The van der Waals surface area contributed by atoms with Crippen molar-refractivity contribution in [2.24, 2.45) is 21.5 Å². The van der Waals surface area contributed by atoms with Gasteiger partial charge >= 0.3 is 6.18 Å². The quantitative estimate of drug-likeness (QED) is 0.375. The molecule has 4 N–H and O–H groups in total. The molecule has 0 amide bonds. The SMILES string of the molecule is C=C(/N=C(N)\N=C(/N)c1noc(-c2ccc(OCCC(F)(F)F)nc2)n1)N(C)c1ccccc1. The Morgan fingerprint density at radius 1 is 1.15 bits per heavy atom. The number of hydrogen-bond donors (Lipinski definition) is 2. The number of halogens is 3. The van der Waals surface area contributed by atoms with Crippen molar-refractivity contribution in [1.82, 2.24) is 15.1 Å². The summed E-state index contributed by atoms with van der Waals surface area (Å²) in [6.45, 7) is 3.32. The summed E-state index contributed by atoms with van der Waals surface area (Å²) in [5.74, 6) is 0.0632. The second-order valence-electron chi connectivity index (χ2n) is 6.80. The standard InChI is InChI=1S/C21H21F3N8O2/c1-13(32(2)15-6-4-3-5-7-15)28-20(26)29-17(25)18-30-19(34-31-18)14-8-9-16(27-12-14)33-11-10-21(22,23)24/h3-9,12H,1,10-11H2,2H3,(H4,25,26,28,29). The van der Waals surface area contributed by atoms with Gasteiger partial charge in [-0.05, 0) is 18.2 Å². The largest absolute Gasteiger partial charge is 0.477 e. The van der Waals surface area contributed by atoms with Gasteiger partial charge in [0.1, 0.15) is 5.82 Å². The maximum Gasteiger partial charge on any atom is 0.392 e. The Hall–Kier alpha value is -4.42. The number of guanidine groups is 1. The zero-order chi connectivity index (χ0) is 24.7. The molecule has 34 heavy (non-hydrogen) atoms. The zero-order valence-corrected chi connectivity index (χ0v) is 18.0. The van der Waals surface area contributed by atoms with E-state index < -0.39 is 19.2 Å². The number of pyridine rings is 1. The van der Waals surface area contributed by atoms with Crippen LogP contribution in [0.4, 0.5) is 18.9 Å². The molecule has 10 nitrogen and oxygen atoms in total. The first kappa shape index (κ1) is 24.2. The van der Waals surface area contributed by atoms with E-state index in [-0.39, 0.29) is 29.4 Å². The number of rotatable bonds is 8. The number of aliphatic imine (C=N–C) groups is 2. The third kappa shape index (κ3) is 6.79. The van der Waals surface area contributed by atoms with Crippen molar-refractivity contribution in [2.75, 3.05) is 18.6 Å². The van der Waals surface area contributed by atoms with Crippen LogP contribution in [-0.4, -0.2) is 46.8 Å². The van der Waals surface area contributed by atoms with Crippen LogP contribution >= 0.6 is 0 Å². The van der Waals surface area contributed by atoms with E-state index in [9.17, 15) is 13.2 Å². The minimum atomic E-state index is -4.30. The highest BCUT2D eigenvalue weighted by atomic mass is 19.4. The van der Waals surface area contributed by atoms with E-state index in [0.29, 0.717) is 11.4 Å². The summed E-state index contributed by atoms with van der Waals surface area (Å²) < 4.78 is 46.7. The average Bonchev–Trinajstić information content (AvgIpc) is 3.29. The van der Waals surface area contributed by atoms with Crippen molar-refractivity contribution in [2.45, 2.75) is 12.6 Å². The minimum Gasteiger partial charge on any atom is -0.477 e. The number of aromatic nitrogens is 3. The molecule has 2 heterocycles. The van der Waals surface area contributed by atoms with Gasteiger partial charge in [0.15, 0.2) is 5.84 Å². The van der Waals surface area contributed by atoms with Gasteiger partial charge in [0.25, 0.3) is 5.89 Å². The van der Waals surface area contributed by atoms with Crippen LogP contribution in [0.25, 0.3) is 11.5 Å². The van der Waals surface area contributed by atoms with Crippen LogP contribution < -0.4 is 21.1 Å². The molecule has 0 saturated heterocycles. The Balaban J connectivity index is 1.64. The molecule has 2 aromatic heterocycles. The number of ether oxygens (including phenoxy) is 1. The summed E-state index contributed by atoms with van der Waals surface area (Å²) in [5, 5.41) is 3.74. The van der Waals surface area contributed by atoms with E-state index in [1.54, 1.807) is 11.9 Å².